The van der Waals surface area contributed by atoms with Gasteiger partial charge < -0.3 is 5.11 Å². The highest BCUT2D eigenvalue weighted by atomic mass is 16.4. The fourth-order valence-corrected chi connectivity index (χ4v) is 0.811. The summed E-state index contributed by atoms with van der Waals surface area (Å²) in [5, 5.41) is 8.54. The molecule has 3 N–H and O–H groups in total. The number of aliphatic carboxylic acids is 1. The van der Waals surface area contributed by atoms with Crippen molar-refractivity contribution < 1.29 is 14.7 Å². The second kappa shape index (κ2) is 5.06. The molecule has 1 amide bonds. The fraction of sp³-hybridized carbons (Fsp3) is 0.222. The summed E-state index contributed by atoms with van der Waals surface area (Å²) in [6.45, 7) is 1.43. The summed E-state index contributed by atoms with van der Waals surface area (Å²) in [5.74, 6) is -1.43. The van der Waals surface area contributed by atoms with Crippen molar-refractivity contribution in [3.05, 3.63) is 30.1 Å². The van der Waals surface area contributed by atoms with E-state index >= 15 is 0 Å². The predicted octanol–water partition coefficient (Wildman–Crippen LogP) is -0.211. The van der Waals surface area contributed by atoms with E-state index < -0.39 is 17.9 Å². The molecule has 0 saturated carbocycles. The summed E-state index contributed by atoms with van der Waals surface area (Å²) in [6, 6.07) is 2.22. The molecule has 0 aliphatic carbocycles. The van der Waals surface area contributed by atoms with E-state index in [1.807, 2.05) is 0 Å². The van der Waals surface area contributed by atoms with Crippen molar-refractivity contribution in [2.45, 2.75) is 13.0 Å². The average molecular weight is 209 g/mol. The highest BCUT2D eigenvalue weighted by molar-refractivity contribution is 5.93. The van der Waals surface area contributed by atoms with Gasteiger partial charge in [-0.25, -0.2) is 5.43 Å². The zero-order valence-corrected chi connectivity index (χ0v) is 8.10. The third kappa shape index (κ3) is 3.35. The second-order valence-corrected chi connectivity index (χ2v) is 2.89. The lowest BCUT2D eigenvalue weighted by atomic mass is 10.2. The highest BCUT2D eigenvalue weighted by Gasteiger charge is 2.11. The van der Waals surface area contributed by atoms with Crippen LogP contribution in [-0.2, 0) is 4.79 Å². The second-order valence-electron chi connectivity index (χ2n) is 2.89. The zero-order chi connectivity index (χ0) is 11.3. The van der Waals surface area contributed by atoms with Crippen molar-refractivity contribution in [3.63, 3.8) is 0 Å². The Morgan fingerprint density at radius 2 is 2.00 bits per heavy atom. The molecule has 0 radical (unpaired) electrons. The molecular weight excluding hydrogens is 198 g/mol. The van der Waals surface area contributed by atoms with Crippen molar-refractivity contribution in [2.75, 3.05) is 0 Å². The molecule has 1 aromatic heterocycles. The topological polar surface area (TPSA) is 91.3 Å². The molecule has 0 bridgehead atoms. The van der Waals surface area contributed by atoms with Gasteiger partial charge in [-0.1, -0.05) is 0 Å². The minimum Gasteiger partial charge on any atom is -0.480 e. The number of hydrogen-bond donors (Lipinski definition) is 3. The van der Waals surface area contributed by atoms with Crippen LogP contribution in [0.3, 0.4) is 0 Å². The number of carboxylic acid groups (broad SMARTS) is 1. The molecule has 0 fully saturated rings. The first-order valence-electron chi connectivity index (χ1n) is 4.30. The number of hydrogen-bond acceptors (Lipinski definition) is 4. The van der Waals surface area contributed by atoms with Gasteiger partial charge in [0.25, 0.3) is 5.91 Å². The lowest BCUT2D eigenvalue weighted by Crippen LogP contribution is -2.46. The average Bonchev–Trinajstić information content (AvgIpc) is 2.26. The molecule has 0 aliphatic heterocycles. The number of hydrazine groups is 1. The van der Waals surface area contributed by atoms with Gasteiger partial charge in [0, 0.05) is 18.0 Å². The Hall–Kier alpha value is -1.95. The summed E-state index contributed by atoms with van der Waals surface area (Å²) in [6.07, 6.45) is 2.96. The van der Waals surface area contributed by atoms with Crippen LogP contribution in [0.1, 0.15) is 17.3 Å². The molecular formula is C9H11N3O3. The molecule has 1 atom stereocenters. The smallest absolute Gasteiger partial charge is 0.322 e. The van der Waals surface area contributed by atoms with E-state index in [2.05, 4.69) is 15.8 Å². The van der Waals surface area contributed by atoms with Crippen LogP contribution in [0, 0.1) is 0 Å². The van der Waals surface area contributed by atoms with Crippen LogP contribution < -0.4 is 10.9 Å². The maximum absolute atomic E-state index is 11.4. The zero-order valence-electron chi connectivity index (χ0n) is 8.10. The van der Waals surface area contributed by atoms with Crippen LogP contribution in [0.5, 0.6) is 0 Å². The molecule has 0 unspecified atom stereocenters. The van der Waals surface area contributed by atoms with E-state index in [9.17, 15) is 9.59 Å². The number of aromatic nitrogens is 1. The van der Waals surface area contributed by atoms with E-state index in [1.54, 1.807) is 0 Å². The maximum atomic E-state index is 11.4. The summed E-state index contributed by atoms with van der Waals surface area (Å²) in [7, 11) is 0. The summed E-state index contributed by atoms with van der Waals surface area (Å²) in [5.41, 5.74) is 5.06. The number of nitrogens with zero attached hydrogens (tertiary/aromatic N) is 1. The van der Waals surface area contributed by atoms with Gasteiger partial charge in [0.15, 0.2) is 0 Å². The molecule has 0 spiro atoms. The molecule has 15 heavy (non-hydrogen) atoms. The summed E-state index contributed by atoms with van der Waals surface area (Å²) < 4.78 is 0. The van der Waals surface area contributed by atoms with Gasteiger partial charge in [-0.15, -0.1) is 0 Å². The van der Waals surface area contributed by atoms with E-state index in [-0.39, 0.29) is 0 Å². The highest BCUT2D eigenvalue weighted by Crippen LogP contribution is 1.94. The summed E-state index contributed by atoms with van der Waals surface area (Å²) >= 11 is 0. The molecule has 6 heteroatoms. The van der Waals surface area contributed by atoms with Crippen LogP contribution in [0.4, 0.5) is 0 Å². The molecule has 1 heterocycles. The third-order valence-electron chi connectivity index (χ3n) is 1.72. The van der Waals surface area contributed by atoms with Crippen LogP contribution in [-0.4, -0.2) is 28.0 Å². The molecule has 6 nitrogen and oxygen atoms in total. The third-order valence-corrected chi connectivity index (χ3v) is 1.72. The van der Waals surface area contributed by atoms with Crippen molar-refractivity contribution >= 4 is 11.9 Å². The van der Waals surface area contributed by atoms with Crippen molar-refractivity contribution in [2.24, 2.45) is 0 Å². The van der Waals surface area contributed by atoms with Gasteiger partial charge in [-0.2, -0.15) is 0 Å². The SMILES string of the molecule is C[C@H](NNC(=O)c1ccncc1)C(=O)O. The van der Waals surface area contributed by atoms with Crippen LogP contribution in [0.2, 0.25) is 0 Å². The van der Waals surface area contributed by atoms with Crippen molar-refractivity contribution in [1.29, 1.82) is 0 Å². The minimum absolute atomic E-state index is 0.398. The van der Waals surface area contributed by atoms with Gasteiger partial charge in [0.1, 0.15) is 6.04 Å². The van der Waals surface area contributed by atoms with Crippen LogP contribution in [0.15, 0.2) is 24.5 Å². The monoisotopic (exact) mass is 209 g/mol. The molecule has 80 valence electrons. The Morgan fingerprint density at radius 1 is 1.40 bits per heavy atom. The lowest BCUT2D eigenvalue weighted by molar-refractivity contribution is -0.139. The van der Waals surface area contributed by atoms with E-state index in [0.29, 0.717) is 5.56 Å². The van der Waals surface area contributed by atoms with Crippen molar-refractivity contribution in [1.82, 2.24) is 15.8 Å². The Morgan fingerprint density at radius 3 is 2.53 bits per heavy atom. The molecule has 1 aromatic rings. The normalized spacial score (nSPS) is 11.8. The first kappa shape index (κ1) is 11.1. The quantitative estimate of drug-likeness (QED) is 0.597. The van der Waals surface area contributed by atoms with Gasteiger partial charge in [-0.05, 0) is 19.1 Å². The number of nitrogens with one attached hydrogen (secondary N) is 2. The number of carboxylic acids is 1. The van der Waals surface area contributed by atoms with Gasteiger partial charge in [0.2, 0.25) is 0 Å². The first-order valence-corrected chi connectivity index (χ1v) is 4.30. The van der Waals surface area contributed by atoms with Gasteiger partial charge >= 0.3 is 5.97 Å². The maximum Gasteiger partial charge on any atom is 0.322 e. The van der Waals surface area contributed by atoms with Gasteiger partial charge in [0.05, 0.1) is 0 Å². The van der Waals surface area contributed by atoms with E-state index in [0.717, 1.165) is 0 Å². The molecule has 1 rings (SSSR count). The standard InChI is InChI=1S/C9H11N3O3/c1-6(9(14)15)11-12-8(13)7-2-4-10-5-3-7/h2-6,11H,1H3,(H,12,13)(H,14,15)/t6-/m0/s1. The Bertz CT molecular complexity index is 353. The Kier molecular flexibility index (Phi) is 3.75. The van der Waals surface area contributed by atoms with E-state index in [1.165, 1.54) is 31.5 Å². The Labute approximate surface area is 86.3 Å². The van der Waals surface area contributed by atoms with Gasteiger partial charge in [-0.3, -0.25) is 20.0 Å². The van der Waals surface area contributed by atoms with E-state index in [4.69, 9.17) is 5.11 Å². The Balaban J connectivity index is 2.47. The lowest BCUT2D eigenvalue weighted by Gasteiger charge is -2.10. The number of carbonyl (C=O) groups excluding carboxylic acids is 1. The van der Waals surface area contributed by atoms with Crippen LogP contribution in [0.25, 0.3) is 0 Å². The summed E-state index contributed by atoms with van der Waals surface area (Å²) in [4.78, 5) is 25.6. The first-order chi connectivity index (χ1) is 7.11. The predicted molar refractivity (Wildman–Crippen MR) is 51.9 cm³/mol. The fourth-order valence-electron chi connectivity index (χ4n) is 0.811. The van der Waals surface area contributed by atoms with Crippen molar-refractivity contribution in [3.8, 4) is 0 Å². The number of pyridine rings is 1. The molecule has 0 aliphatic rings. The number of amides is 1. The number of rotatable bonds is 4. The molecule has 0 saturated heterocycles. The molecule has 0 aromatic carbocycles. The minimum atomic E-state index is -1.04. The largest absolute Gasteiger partial charge is 0.480 e. The van der Waals surface area contributed by atoms with Crippen LogP contribution >= 0.6 is 0 Å². The number of carbonyl (C=O) groups is 2.